The van der Waals surface area contributed by atoms with E-state index in [4.69, 9.17) is 14.2 Å². The lowest BCUT2D eigenvalue weighted by atomic mass is 10.2. The van der Waals surface area contributed by atoms with Gasteiger partial charge in [-0.05, 0) is 17.7 Å². The van der Waals surface area contributed by atoms with E-state index in [2.05, 4.69) is 15.3 Å². The van der Waals surface area contributed by atoms with Crippen molar-refractivity contribution in [3.63, 3.8) is 0 Å². The molecule has 1 fully saturated rings. The van der Waals surface area contributed by atoms with E-state index < -0.39 is 0 Å². The van der Waals surface area contributed by atoms with Gasteiger partial charge in [-0.3, -0.25) is 4.98 Å². The summed E-state index contributed by atoms with van der Waals surface area (Å²) in [5.41, 5.74) is 0.933. The van der Waals surface area contributed by atoms with E-state index in [1.807, 2.05) is 18.2 Å². The van der Waals surface area contributed by atoms with Crippen molar-refractivity contribution >= 4 is 6.03 Å². The number of aromatic nitrogens is 2. The van der Waals surface area contributed by atoms with Gasteiger partial charge in [-0.1, -0.05) is 6.07 Å². The van der Waals surface area contributed by atoms with Gasteiger partial charge >= 0.3 is 6.03 Å². The maximum Gasteiger partial charge on any atom is 0.317 e. The van der Waals surface area contributed by atoms with Crippen molar-refractivity contribution in [3.05, 3.63) is 42.4 Å². The van der Waals surface area contributed by atoms with Gasteiger partial charge in [-0.25, -0.2) is 9.78 Å². The summed E-state index contributed by atoms with van der Waals surface area (Å²) in [7, 11) is 3.17. The number of nitrogens with zero attached hydrogens (tertiary/aromatic N) is 3. The van der Waals surface area contributed by atoms with Crippen molar-refractivity contribution in [2.45, 2.75) is 19.1 Å². The highest BCUT2D eigenvalue weighted by atomic mass is 16.5. The third-order valence-electron chi connectivity index (χ3n) is 4.15. The number of hydrogen-bond acceptors (Lipinski definition) is 6. The molecule has 2 aromatic rings. The molecule has 0 radical (unpaired) electrons. The third-order valence-corrected chi connectivity index (χ3v) is 4.15. The lowest BCUT2D eigenvalue weighted by molar-refractivity contribution is 0.182. The van der Waals surface area contributed by atoms with Crippen LogP contribution >= 0.6 is 0 Å². The molecule has 1 aliphatic heterocycles. The van der Waals surface area contributed by atoms with Gasteiger partial charge in [0.05, 0.1) is 27.0 Å². The number of likely N-dealkylation sites (tertiary alicyclic amines) is 1. The fourth-order valence-electron chi connectivity index (χ4n) is 2.81. The molecule has 0 bridgehead atoms. The molecule has 2 heterocycles. The predicted octanol–water partition coefficient (Wildman–Crippen LogP) is 1.86. The van der Waals surface area contributed by atoms with Crippen LogP contribution in [0, 0.1) is 0 Å². The Bertz CT molecular complexity index is 741. The topological polar surface area (TPSA) is 85.8 Å². The first kappa shape index (κ1) is 17.8. The number of methoxy groups -OCH3 is 2. The molecule has 2 amide bonds. The molecule has 1 saturated heterocycles. The van der Waals surface area contributed by atoms with Gasteiger partial charge in [-0.2, -0.15) is 0 Å². The molecule has 0 aliphatic carbocycles. The second-order valence-electron chi connectivity index (χ2n) is 5.87. The second kappa shape index (κ2) is 8.37. The van der Waals surface area contributed by atoms with Crippen LogP contribution in [-0.4, -0.2) is 54.3 Å². The van der Waals surface area contributed by atoms with Gasteiger partial charge in [0.1, 0.15) is 6.10 Å². The summed E-state index contributed by atoms with van der Waals surface area (Å²) in [5, 5.41) is 2.92. The van der Waals surface area contributed by atoms with E-state index >= 15 is 0 Å². The van der Waals surface area contributed by atoms with Crippen LogP contribution in [0.4, 0.5) is 4.79 Å². The largest absolute Gasteiger partial charge is 0.493 e. The van der Waals surface area contributed by atoms with Crippen LogP contribution in [0.3, 0.4) is 0 Å². The number of carbonyl (C=O) groups excluding carboxylic acids is 1. The van der Waals surface area contributed by atoms with Crippen molar-refractivity contribution < 1.29 is 19.0 Å². The molecule has 1 aliphatic rings. The number of urea groups is 1. The van der Waals surface area contributed by atoms with Gasteiger partial charge < -0.3 is 24.4 Å². The normalized spacial score (nSPS) is 16.2. The molecule has 8 heteroatoms. The number of benzene rings is 1. The molecular formula is C18H22N4O4. The molecule has 138 valence electrons. The Morgan fingerprint density at radius 3 is 2.85 bits per heavy atom. The smallest absolute Gasteiger partial charge is 0.317 e. The molecule has 0 spiro atoms. The van der Waals surface area contributed by atoms with Crippen molar-refractivity contribution in [2.24, 2.45) is 0 Å². The highest BCUT2D eigenvalue weighted by Gasteiger charge is 2.27. The van der Waals surface area contributed by atoms with Crippen LogP contribution in [0.15, 0.2) is 36.8 Å². The maximum absolute atomic E-state index is 12.4. The molecule has 8 nitrogen and oxygen atoms in total. The quantitative estimate of drug-likeness (QED) is 0.848. The molecule has 26 heavy (non-hydrogen) atoms. The Kier molecular flexibility index (Phi) is 5.73. The van der Waals surface area contributed by atoms with Crippen molar-refractivity contribution in [3.8, 4) is 17.4 Å². The number of rotatable bonds is 6. The van der Waals surface area contributed by atoms with Crippen molar-refractivity contribution in [1.29, 1.82) is 0 Å². The summed E-state index contributed by atoms with van der Waals surface area (Å²) in [6.07, 6.45) is 5.44. The van der Waals surface area contributed by atoms with Gasteiger partial charge in [0.15, 0.2) is 11.5 Å². The first-order valence-electron chi connectivity index (χ1n) is 8.36. The summed E-state index contributed by atoms with van der Waals surface area (Å²) in [5.74, 6) is 1.77. The summed E-state index contributed by atoms with van der Waals surface area (Å²) >= 11 is 0. The lowest BCUT2D eigenvalue weighted by Crippen LogP contribution is -2.39. The Balaban J connectivity index is 1.50. The zero-order valence-electron chi connectivity index (χ0n) is 14.8. The molecule has 1 N–H and O–H groups in total. The van der Waals surface area contributed by atoms with Crippen LogP contribution in [0.1, 0.15) is 12.0 Å². The average molecular weight is 358 g/mol. The lowest BCUT2D eigenvalue weighted by Gasteiger charge is -2.18. The summed E-state index contributed by atoms with van der Waals surface area (Å²) in [4.78, 5) is 22.2. The number of nitrogens with one attached hydrogen (secondary N) is 1. The van der Waals surface area contributed by atoms with Crippen molar-refractivity contribution in [2.75, 3.05) is 27.3 Å². The minimum atomic E-state index is -0.120. The Hall–Kier alpha value is -3.03. The third kappa shape index (κ3) is 4.33. The average Bonchev–Trinajstić information content (AvgIpc) is 3.15. The highest BCUT2D eigenvalue weighted by molar-refractivity contribution is 5.74. The van der Waals surface area contributed by atoms with Crippen LogP contribution < -0.4 is 19.5 Å². The van der Waals surface area contributed by atoms with E-state index in [0.29, 0.717) is 37.0 Å². The molecule has 3 rings (SSSR count). The van der Waals surface area contributed by atoms with Gasteiger partial charge in [0.2, 0.25) is 5.88 Å². The van der Waals surface area contributed by atoms with E-state index in [9.17, 15) is 4.79 Å². The van der Waals surface area contributed by atoms with Crippen LogP contribution in [-0.2, 0) is 6.54 Å². The minimum Gasteiger partial charge on any atom is -0.493 e. The highest BCUT2D eigenvalue weighted by Crippen LogP contribution is 2.27. The SMILES string of the molecule is COc1ccc(CNC(=O)N2CC[C@@H](Oc3cnccn3)C2)cc1OC. The summed E-state index contributed by atoms with van der Waals surface area (Å²) < 4.78 is 16.2. The number of ether oxygens (including phenoxy) is 3. The monoisotopic (exact) mass is 358 g/mol. The first-order chi connectivity index (χ1) is 12.7. The summed E-state index contributed by atoms with van der Waals surface area (Å²) in [6, 6.07) is 5.44. The zero-order chi connectivity index (χ0) is 18.4. The Morgan fingerprint density at radius 1 is 1.27 bits per heavy atom. The molecule has 1 aromatic carbocycles. The van der Waals surface area contributed by atoms with Crippen LogP contribution in [0.5, 0.6) is 17.4 Å². The molecule has 1 atom stereocenters. The predicted molar refractivity (Wildman–Crippen MR) is 94.4 cm³/mol. The van der Waals surface area contributed by atoms with Crippen LogP contribution in [0.2, 0.25) is 0 Å². The zero-order valence-corrected chi connectivity index (χ0v) is 14.8. The molecular weight excluding hydrogens is 336 g/mol. The number of amides is 2. The Labute approximate surface area is 152 Å². The fraction of sp³-hybridized carbons (Fsp3) is 0.389. The number of carbonyl (C=O) groups is 1. The summed E-state index contributed by atoms with van der Waals surface area (Å²) in [6.45, 7) is 1.57. The molecule has 0 saturated carbocycles. The van der Waals surface area contributed by atoms with Crippen LogP contribution in [0.25, 0.3) is 0 Å². The maximum atomic E-state index is 12.4. The first-order valence-corrected chi connectivity index (χ1v) is 8.36. The van der Waals surface area contributed by atoms with E-state index in [-0.39, 0.29) is 12.1 Å². The van der Waals surface area contributed by atoms with Gasteiger partial charge in [0.25, 0.3) is 0 Å². The van der Waals surface area contributed by atoms with E-state index in [1.165, 1.54) is 0 Å². The van der Waals surface area contributed by atoms with Gasteiger partial charge in [-0.15, -0.1) is 0 Å². The second-order valence-corrected chi connectivity index (χ2v) is 5.87. The standard InChI is InChI=1S/C18H22N4O4/c1-24-15-4-3-13(9-16(15)25-2)10-21-18(23)22-8-5-14(12-22)26-17-11-19-6-7-20-17/h3-4,6-7,9,11,14H,5,8,10,12H2,1-2H3,(H,21,23)/t14-/m1/s1. The number of hydrogen-bond donors (Lipinski definition) is 1. The van der Waals surface area contributed by atoms with E-state index in [1.54, 1.807) is 37.7 Å². The minimum absolute atomic E-state index is 0.0708. The molecule has 1 aromatic heterocycles. The van der Waals surface area contributed by atoms with E-state index in [0.717, 1.165) is 12.0 Å². The van der Waals surface area contributed by atoms with Crippen molar-refractivity contribution in [1.82, 2.24) is 20.2 Å². The Morgan fingerprint density at radius 2 is 2.12 bits per heavy atom. The fourth-order valence-corrected chi connectivity index (χ4v) is 2.81. The molecule has 0 unspecified atom stereocenters. The van der Waals surface area contributed by atoms with Gasteiger partial charge in [0, 0.05) is 31.9 Å².